The summed E-state index contributed by atoms with van der Waals surface area (Å²) in [5.74, 6) is -1.88. The number of anilines is 1. The van der Waals surface area contributed by atoms with E-state index in [0.29, 0.717) is 22.1 Å². The van der Waals surface area contributed by atoms with Crippen LogP contribution >= 0.6 is 0 Å². The Morgan fingerprint density at radius 1 is 1.27 bits per heavy atom. The number of carbonyl (C=O) groups is 1. The molecule has 2 aromatic heterocycles. The van der Waals surface area contributed by atoms with Gasteiger partial charge in [0.05, 0.1) is 0 Å². The molecule has 7 nitrogen and oxygen atoms in total. The van der Waals surface area contributed by atoms with Gasteiger partial charge in [-0.3, -0.25) is 4.79 Å². The summed E-state index contributed by atoms with van der Waals surface area (Å²) < 4.78 is 39.2. The first-order valence-corrected chi connectivity index (χ1v) is 6.47. The summed E-state index contributed by atoms with van der Waals surface area (Å²) in [4.78, 5) is 10.4. The normalized spacial score (nSPS) is 11.9. The van der Waals surface area contributed by atoms with Gasteiger partial charge in [-0.25, -0.2) is 0 Å². The van der Waals surface area contributed by atoms with E-state index in [-0.39, 0.29) is 24.4 Å². The largest absolute Gasteiger partial charge is 0.481 e. The minimum absolute atomic E-state index is 0.0340. The molecule has 120 valence electrons. The Kier molecular flexibility index (Phi) is 4.20. The maximum absolute atomic E-state index is 12.9. The van der Waals surface area contributed by atoms with E-state index in [0.717, 1.165) is 0 Å². The molecular weight excluding hydrogens is 303 g/mol. The van der Waals surface area contributed by atoms with Gasteiger partial charge in [0.15, 0.2) is 5.65 Å². The molecule has 0 amide bonds. The Morgan fingerprint density at radius 2 is 1.95 bits per heavy atom. The first kappa shape index (κ1) is 16.0. The van der Waals surface area contributed by atoms with Gasteiger partial charge in [0, 0.05) is 18.5 Å². The van der Waals surface area contributed by atoms with E-state index in [4.69, 9.17) is 5.11 Å². The minimum atomic E-state index is -4.66. The van der Waals surface area contributed by atoms with Crippen molar-refractivity contribution in [3.05, 3.63) is 17.0 Å². The van der Waals surface area contributed by atoms with Gasteiger partial charge in [-0.2, -0.15) is 17.7 Å². The lowest BCUT2D eigenvalue weighted by atomic mass is 10.2. The summed E-state index contributed by atoms with van der Waals surface area (Å²) in [6.07, 6.45) is -4.36. The second-order valence-electron chi connectivity index (χ2n) is 4.78. The number of fused-ring (bicyclic) bond motifs is 1. The molecule has 22 heavy (non-hydrogen) atoms. The molecule has 0 fully saturated rings. The third-order valence-electron chi connectivity index (χ3n) is 3.21. The predicted molar refractivity (Wildman–Crippen MR) is 70.6 cm³/mol. The molecule has 0 saturated carbocycles. The van der Waals surface area contributed by atoms with Crippen molar-refractivity contribution < 1.29 is 23.1 Å². The number of rotatable bonds is 5. The van der Waals surface area contributed by atoms with E-state index in [2.05, 4.69) is 20.6 Å². The number of hydrogen-bond donors (Lipinski definition) is 2. The smallest absolute Gasteiger partial charge is 0.453 e. The molecule has 0 aliphatic rings. The van der Waals surface area contributed by atoms with Crippen molar-refractivity contribution >= 4 is 17.4 Å². The van der Waals surface area contributed by atoms with E-state index in [9.17, 15) is 18.0 Å². The molecule has 0 unspecified atom stereocenters. The lowest BCUT2D eigenvalue weighted by Crippen LogP contribution is -2.15. The van der Waals surface area contributed by atoms with Crippen LogP contribution < -0.4 is 5.32 Å². The third kappa shape index (κ3) is 3.10. The third-order valence-corrected chi connectivity index (χ3v) is 3.21. The van der Waals surface area contributed by atoms with Gasteiger partial charge < -0.3 is 10.4 Å². The van der Waals surface area contributed by atoms with Crippen LogP contribution in [0.1, 0.15) is 29.8 Å². The fourth-order valence-corrected chi connectivity index (χ4v) is 1.92. The van der Waals surface area contributed by atoms with E-state index in [1.54, 1.807) is 13.8 Å². The van der Waals surface area contributed by atoms with E-state index < -0.39 is 18.0 Å². The Labute approximate surface area is 123 Å². The first-order chi connectivity index (χ1) is 10.2. The van der Waals surface area contributed by atoms with Crippen LogP contribution in [0.2, 0.25) is 0 Å². The van der Waals surface area contributed by atoms with E-state index >= 15 is 0 Å². The average molecular weight is 317 g/mol. The Morgan fingerprint density at radius 3 is 2.55 bits per heavy atom. The summed E-state index contributed by atoms with van der Waals surface area (Å²) in [6, 6.07) is 0. The van der Waals surface area contributed by atoms with E-state index in [1.165, 1.54) is 0 Å². The van der Waals surface area contributed by atoms with Crippen molar-refractivity contribution in [3.8, 4) is 0 Å². The SMILES string of the molecule is Cc1c(NCCCC(=O)O)nn2c(C(F)(F)F)nnc2c1C. The molecule has 0 atom stereocenters. The molecular formula is C12H14F3N5O2. The molecule has 0 aliphatic heterocycles. The zero-order chi connectivity index (χ0) is 16.5. The van der Waals surface area contributed by atoms with Crippen molar-refractivity contribution in [2.24, 2.45) is 0 Å². The van der Waals surface area contributed by atoms with Gasteiger partial charge in [0.25, 0.3) is 5.82 Å². The standard InChI is InChI=1S/C12H14F3N5O2/c1-6-7(2)10-17-18-11(12(13,14)15)20(10)19-9(6)16-5-3-4-8(21)22/h3-5H2,1-2H3,(H,16,19)(H,21,22). The van der Waals surface area contributed by atoms with Gasteiger partial charge in [-0.15, -0.1) is 15.3 Å². The van der Waals surface area contributed by atoms with Gasteiger partial charge in [-0.1, -0.05) is 0 Å². The fourth-order valence-electron chi connectivity index (χ4n) is 1.92. The molecule has 0 saturated heterocycles. The lowest BCUT2D eigenvalue weighted by Gasteiger charge is -2.12. The Hall–Kier alpha value is -2.39. The highest BCUT2D eigenvalue weighted by Crippen LogP contribution is 2.29. The maximum Gasteiger partial charge on any atom is 0.453 e. The number of aryl methyl sites for hydroxylation is 1. The number of nitrogens with one attached hydrogen (secondary N) is 1. The predicted octanol–water partition coefficient (Wildman–Crippen LogP) is 2.04. The zero-order valence-electron chi connectivity index (χ0n) is 11.9. The molecule has 0 radical (unpaired) electrons. The first-order valence-electron chi connectivity index (χ1n) is 6.47. The maximum atomic E-state index is 12.9. The van der Waals surface area contributed by atoms with Crippen LogP contribution in [0.4, 0.5) is 19.0 Å². The molecule has 2 heterocycles. The van der Waals surface area contributed by atoms with Crippen molar-refractivity contribution in [3.63, 3.8) is 0 Å². The van der Waals surface area contributed by atoms with Crippen LogP contribution in [0.5, 0.6) is 0 Å². The molecule has 2 aromatic rings. The van der Waals surface area contributed by atoms with Crippen LogP contribution in [0.15, 0.2) is 0 Å². The van der Waals surface area contributed by atoms with Gasteiger partial charge >= 0.3 is 12.1 Å². The number of nitrogens with zero attached hydrogens (tertiary/aromatic N) is 4. The van der Waals surface area contributed by atoms with Crippen LogP contribution in [-0.2, 0) is 11.0 Å². The summed E-state index contributed by atoms with van der Waals surface area (Å²) in [6.45, 7) is 3.61. The molecule has 0 aromatic carbocycles. The quantitative estimate of drug-likeness (QED) is 0.820. The van der Waals surface area contributed by atoms with E-state index in [1.807, 2.05) is 0 Å². The monoisotopic (exact) mass is 317 g/mol. The van der Waals surface area contributed by atoms with Crippen LogP contribution in [0.25, 0.3) is 5.65 Å². The second-order valence-corrected chi connectivity index (χ2v) is 4.78. The molecule has 0 aliphatic carbocycles. The Balaban J connectivity index is 2.34. The number of carboxylic acid groups (broad SMARTS) is 1. The van der Waals surface area contributed by atoms with Crippen molar-refractivity contribution in [1.82, 2.24) is 19.8 Å². The molecule has 0 bridgehead atoms. The number of hydrogen-bond acceptors (Lipinski definition) is 5. The highest BCUT2D eigenvalue weighted by molar-refractivity contribution is 5.66. The molecule has 2 N–H and O–H groups in total. The average Bonchev–Trinajstić information content (AvgIpc) is 2.83. The summed E-state index contributed by atoms with van der Waals surface area (Å²) in [5.41, 5.74) is 1.21. The number of aromatic nitrogens is 4. The minimum Gasteiger partial charge on any atom is -0.481 e. The lowest BCUT2D eigenvalue weighted by molar-refractivity contribution is -0.146. The number of aliphatic carboxylic acids is 1. The zero-order valence-corrected chi connectivity index (χ0v) is 11.9. The summed E-state index contributed by atoms with van der Waals surface area (Å²) >= 11 is 0. The highest BCUT2D eigenvalue weighted by atomic mass is 19.4. The summed E-state index contributed by atoms with van der Waals surface area (Å²) in [5, 5.41) is 22.0. The molecule has 0 spiro atoms. The number of halogens is 3. The van der Waals surface area contributed by atoms with Crippen LogP contribution in [0, 0.1) is 13.8 Å². The van der Waals surface area contributed by atoms with Gasteiger partial charge in [0.2, 0.25) is 0 Å². The van der Waals surface area contributed by atoms with Crippen molar-refractivity contribution in [2.45, 2.75) is 32.9 Å². The summed E-state index contributed by atoms with van der Waals surface area (Å²) in [7, 11) is 0. The highest BCUT2D eigenvalue weighted by Gasteiger charge is 2.38. The van der Waals surface area contributed by atoms with Gasteiger partial charge in [-0.05, 0) is 25.8 Å². The van der Waals surface area contributed by atoms with Crippen LogP contribution in [0.3, 0.4) is 0 Å². The topological polar surface area (TPSA) is 92.4 Å². The van der Waals surface area contributed by atoms with Crippen molar-refractivity contribution in [1.29, 1.82) is 0 Å². The van der Waals surface area contributed by atoms with Gasteiger partial charge in [0.1, 0.15) is 5.82 Å². The molecule has 2 rings (SSSR count). The second kappa shape index (κ2) is 5.78. The number of alkyl halides is 3. The molecule has 10 heteroatoms. The van der Waals surface area contributed by atoms with Crippen molar-refractivity contribution in [2.75, 3.05) is 11.9 Å². The Bertz CT molecular complexity index is 711. The number of carboxylic acids is 1. The fraction of sp³-hybridized carbons (Fsp3) is 0.500. The van der Waals surface area contributed by atoms with Crippen LogP contribution in [-0.4, -0.2) is 37.4 Å².